The lowest BCUT2D eigenvalue weighted by atomic mass is 9.73. The molecule has 2 aromatic heterocycles. The maximum absolute atomic E-state index is 13.5. The highest BCUT2D eigenvalue weighted by atomic mass is 32.1. The molecule has 1 aliphatic rings. The number of nitrogens with zero attached hydrogens (tertiary/aromatic N) is 1. The molecular weight excluding hydrogens is 408 g/mol. The molecule has 2 heterocycles. The molecule has 1 aromatic carbocycles. The van der Waals surface area contributed by atoms with Gasteiger partial charge in [0, 0.05) is 35.3 Å². The Kier molecular flexibility index (Phi) is 5.67. The fraction of sp³-hybridized carbons (Fsp3) is 0.320. The maximum Gasteiger partial charge on any atom is 0.268 e. The van der Waals surface area contributed by atoms with Crippen molar-refractivity contribution in [2.75, 3.05) is 6.54 Å². The predicted molar refractivity (Wildman–Crippen MR) is 124 cm³/mol. The minimum absolute atomic E-state index is 0.0280. The van der Waals surface area contributed by atoms with Gasteiger partial charge < -0.3 is 5.32 Å². The van der Waals surface area contributed by atoms with Crippen LogP contribution in [0.4, 0.5) is 0 Å². The van der Waals surface area contributed by atoms with Crippen molar-refractivity contribution >= 4 is 23.0 Å². The van der Waals surface area contributed by atoms with Gasteiger partial charge in [-0.3, -0.25) is 19.0 Å². The summed E-state index contributed by atoms with van der Waals surface area (Å²) in [5.74, 6) is -0.440. The van der Waals surface area contributed by atoms with Crippen molar-refractivity contribution in [3.05, 3.63) is 85.5 Å². The highest BCUT2D eigenvalue weighted by Crippen LogP contribution is 2.35. The number of fused-ring (bicyclic) bond motifs is 1. The van der Waals surface area contributed by atoms with Crippen LogP contribution in [-0.4, -0.2) is 22.8 Å². The number of carbonyl (C=O) groups excluding carboxylic acids is 2. The number of amides is 1. The highest BCUT2D eigenvalue weighted by Gasteiger charge is 2.35. The standard InChI is InChI=1S/C25H26N2O3S/c1-16-6-8-17(9-7-16)27-15-20-19(13-25(2,3)14-21(20)28)22(24(27)30)23(29)26-11-10-18-5-4-12-31-18/h4-9,12,15H,10-11,13-14H2,1-3H3,(H,26,29). The lowest BCUT2D eigenvalue weighted by Crippen LogP contribution is -2.39. The molecule has 0 radical (unpaired) electrons. The number of aryl methyl sites for hydroxylation is 1. The van der Waals surface area contributed by atoms with Crippen LogP contribution in [0.25, 0.3) is 5.69 Å². The van der Waals surface area contributed by atoms with E-state index in [1.807, 2.05) is 62.5 Å². The van der Waals surface area contributed by atoms with Crippen LogP contribution >= 0.6 is 11.3 Å². The van der Waals surface area contributed by atoms with Gasteiger partial charge in [0.1, 0.15) is 5.56 Å². The van der Waals surface area contributed by atoms with Crippen molar-refractivity contribution in [1.82, 2.24) is 9.88 Å². The number of pyridine rings is 1. The summed E-state index contributed by atoms with van der Waals surface area (Å²) in [4.78, 5) is 40.8. The topological polar surface area (TPSA) is 68.2 Å². The largest absolute Gasteiger partial charge is 0.351 e. The average Bonchev–Trinajstić information content (AvgIpc) is 3.21. The minimum atomic E-state index is -0.412. The lowest BCUT2D eigenvalue weighted by Gasteiger charge is -2.31. The second-order valence-electron chi connectivity index (χ2n) is 8.93. The van der Waals surface area contributed by atoms with Crippen LogP contribution in [0.2, 0.25) is 0 Å². The van der Waals surface area contributed by atoms with Gasteiger partial charge in [-0.15, -0.1) is 11.3 Å². The smallest absolute Gasteiger partial charge is 0.268 e. The highest BCUT2D eigenvalue weighted by molar-refractivity contribution is 7.09. The summed E-state index contributed by atoms with van der Waals surface area (Å²) < 4.78 is 1.43. The molecule has 0 saturated carbocycles. The Morgan fingerprint density at radius 2 is 1.87 bits per heavy atom. The molecule has 3 aromatic rings. The molecule has 1 aliphatic carbocycles. The van der Waals surface area contributed by atoms with Gasteiger partial charge in [-0.1, -0.05) is 37.6 Å². The molecule has 4 rings (SSSR count). The quantitative estimate of drug-likeness (QED) is 0.650. The molecule has 0 fully saturated rings. The van der Waals surface area contributed by atoms with E-state index >= 15 is 0 Å². The Morgan fingerprint density at radius 1 is 1.13 bits per heavy atom. The van der Waals surface area contributed by atoms with E-state index in [1.165, 1.54) is 9.44 Å². The third-order valence-electron chi connectivity index (χ3n) is 5.69. The number of ketones is 1. The van der Waals surface area contributed by atoms with Crippen molar-refractivity contribution in [2.45, 2.75) is 40.0 Å². The maximum atomic E-state index is 13.5. The Morgan fingerprint density at radius 3 is 2.55 bits per heavy atom. The van der Waals surface area contributed by atoms with Crippen molar-refractivity contribution < 1.29 is 9.59 Å². The van der Waals surface area contributed by atoms with E-state index in [1.54, 1.807) is 17.5 Å². The number of nitrogens with one attached hydrogen (secondary N) is 1. The molecule has 0 saturated heterocycles. The van der Waals surface area contributed by atoms with Crippen LogP contribution in [0, 0.1) is 12.3 Å². The fourth-order valence-corrected chi connectivity index (χ4v) is 4.83. The zero-order valence-corrected chi connectivity index (χ0v) is 18.8. The van der Waals surface area contributed by atoms with Crippen LogP contribution in [-0.2, 0) is 12.8 Å². The zero-order chi connectivity index (χ0) is 22.2. The Hall–Kier alpha value is -2.99. The van der Waals surface area contributed by atoms with Crippen LogP contribution in [0.5, 0.6) is 0 Å². The first kappa shape index (κ1) is 21.2. The zero-order valence-electron chi connectivity index (χ0n) is 18.0. The number of benzene rings is 1. The van der Waals surface area contributed by atoms with Crippen LogP contribution in [0.15, 0.2) is 52.8 Å². The number of aromatic nitrogens is 1. The summed E-state index contributed by atoms with van der Waals surface area (Å²) in [6.45, 7) is 6.40. The van der Waals surface area contributed by atoms with Crippen LogP contribution in [0.1, 0.15) is 57.0 Å². The molecule has 1 amide bonds. The average molecular weight is 435 g/mol. The van der Waals surface area contributed by atoms with Gasteiger partial charge >= 0.3 is 0 Å². The molecule has 0 atom stereocenters. The van der Waals surface area contributed by atoms with Gasteiger partial charge in [-0.25, -0.2) is 0 Å². The van der Waals surface area contributed by atoms with Gasteiger partial charge in [0.2, 0.25) is 0 Å². The van der Waals surface area contributed by atoms with E-state index in [-0.39, 0.29) is 22.3 Å². The summed E-state index contributed by atoms with van der Waals surface area (Å²) in [5, 5.41) is 4.90. The van der Waals surface area contributed by atoms with Crippen LogP contribution < -0.4 is 10.9 Å². The van der Waals surface area contributed by atoms with Crippen molar-refractivity contribution in [1.29, 1.82) is 0 Å². The predicted octanol–water partition coefficient (Wildman–Crippen LogP) is 4.34. The van der Waals surface area contributed by atoms with Gasteiger partial charge in [0.25, 0.3) is 11.5 Å². The van der Waals surface area contributed by atoms with Gasteiger partial charge in [0.15, 0.2) is 5.78 Å². The van der Waals surface area contributed by atoms with E-state index in [0.29, 0.717) is 42.6 Å². The van der Waals surface area contributed by atoms with E-state index in [4.69, 9.17) is 0 Å². The number of rotatable bonds is 5. The molecule has 31 heavy (non-hydrogen) atoms. The molecule has 6 heteroatoms. The first-order valence-corrected chi connectivity index (χ1v) is 11.3. The molecule has 5 nitrogen and oxygen atoms in total. The number of Topliss-reactive ketones (excluding diaryl/α,β-unsaturated/α-hetero) is 1. The lowest BCUT2D eigenvalue weighted by molar-refractivity contribution is 0.0909. The molecule has 0 spiro atoms. The first-order valence-electron chi connectivity index (χ1n) is 10.4. The second-order valence-corrected chi connectivity index (χ2v) is 9.97. The third-order valence-corrected chi connectivity index (χ3v) is 6.63. The second kappa shape index (κ2) is 8.27. The van der Waals surface area contributed by atoms with Gasteiger partial charge in [-0.05, 0) is 54.3 Å². The van der Waals surface area contributed by atoms with Crippen molar-refractivity contribution in [3.63, 3.8) is 0 Å². The summed E-state index contributed by atoms with van der Waals surface area (Å²) in [7, 11) is 0. The van der Waals surface area contributed by atoms with E-state index in [0.717, 1.165) is 5.56 Å². The summed E-state index contributed by atoms with van der Waals surface area (Å²) in [6, 6.07) is 11.5. The van der Waals surface area contributed by atoms with Gasteiger partial charge in [-0.2, -0.15) is 0 Å². The van der Waals surface area contributed by atoms with Gasteiger partial charge in [0.05, 0.1) is 0 Å². The molecule has 1 N–H and O–H groups in total. The molecular formula is C25H26N2O3S. The van der Waals surface area contributed by atoms with E-state index in [2.05, 4.69) is 5.32 Å². The Labute approximate surface area is 185 Å². The number of hydrogen-bond acceptors (Lipinski definition) is 4. The van der Waals surface area contributed by atoms with Crippen LogP contribution in [0.3, 0.4) is 0 Å². The number of hydrogen-bond donors (Lipinski definition) is 1. The van der Waals surface area contributed by atoms with Crippen molar-refractivity contribution in [3.8, 4) is 5.69 Å². The molecule has 0 bridgehead atoms. The van der Waals surface area contributed by atoms with E-state index in [9.17, 15) is 14.4 Å². The third kappa shape index (κ3) is 4.39. The normalized spacial score (nSPS) is 14.9. The number of thiophene rings is 1. The summed E-state index contributed by atoms with van der Waals surface area (Å²) in [5.41, 5.74) is 2.17. The first-order chi connectivity index (χ1) is 14.7. The fourth-order valence-electron chi connectivity index (χ4n) is 4.12. The van der Waals surface area contributed by atoms with Crippen molar-refractivity contribution in [2.24, 2.45) is 5.41 Å². The molecule has 0 unspecified atom stereocenters. The monoisotopic (exact) mass is 434 g/mol. The number of carbonyl (C=O) groups is 2. The Balaban J connectivity index is 1.77. The SMILES string of the molecule is Cc1ccc(-n2cc3c(c(C(=O)NCCc4cccs4)c2=O)CC(C)(C)CC3=O)cc1. The summed E-state index contributed by atoms with van der Waals surface area (Å²) >= 11 is 1.64. The molecule has 160 valence electrons. The molecule has 0 aliphatic heterocycles. The Bertz CT molecular complexity index is 1190. The van der Waals surface area contributed by atoms with E-state index < -0.39 is 5.91 Å². The summed E-state index contributed by atoms with van der Waals surface area (Å²) in [6.07, 6.45) is 3.23. The minimum Gasteiger partial charge on any atom is -0.351 e.